The third-order valence-corrected chi connectivity index (χ3v) is 4.71. The van der Waals surface area contributed by atoms with Crippen molar-refractivity contribution in [3.8, 4) is 5.75 Å². The van der Waals surface area contributed by atoms with Crippen molar-refractivity contribution >= 4 is 37.6 Å². The maximum Gasteiger partial charge on any atom is 0.168 e. The van der Waals surface area contributed by atoms with Gasteiger partial charge in [0.05, 0.1) is 33.9 Å². The van der Waals surface area contributed by atoms with Crippen LogP contribution in [0.2, 0.25) is 0 Å². The van der Waals surface area contributed by atoms with Crippen LogP contribution in [0.5, 0.6) is 5.75 Å². The molecule has 0 spiro atoms. The number of halogens is 2. The SMILES string of the molecule is COc1ccc(C(=O)Cc2c(Br)c(C)nn2C)cc1Br. The topological polar surface area (TPSA) is 44.1 Å². The van der Waals surface area contributed by atoms with Crippen LogP contribution in [0.4, 0.5) is 0 Å². The molecule has 0 fully saturated rings. The van der Waals surface area contributed by atoms with E-state index in [4.69, 9.17) is 4.74 Å². The summed E-state index contributed by atoms with van der Waals surface area (Å²) < 4.78 is 8.55. The third-order valence-electron chi connectivity index (χ3n) is 3.06. The van der Waals surface area contributed by atoms with E-state index in [1.807, 2.05) is 14.0 Å². The fraction of sp³-hybridized carbons (Fsp3) is 0.286. The van der Waals surface area contributed by atoms with E-state index < -0.39 is 0 Å². The van der Waals surface area contributed by atoms with Crippen LogP contribution in [0.15, 0.2) is 27.1 Å². The van der Waals surface area contributed by atoms with E-state index in [0.717, 1.165) is 20.3 Å². The average molecular weight is 402 g/mol. The summed E-state index contributed by atoms with van der Waals surface area (Å²) in [6.45, 7) is 1.90. The molecule has 6 heteroatoms. The summed E-state index contributed by atoms with van der Waals surface area (Å²) in [5.41, 5.74) is 2.40. The van der Waals surface area contributed by atoms with E-state index in [1.165, 1.54) is 0 Å². The number of aryl methyl sites for hydroxylation is 2. The molecule has 0 N–H and O–H groups in total. The fourth-order valence-corrected chi connectivity index (χ4v) is 2.98. The number of ether oxygens (including phenoxy) is 1. The average Bonchev–Trinajstić information content (AvgIpc) is 2.65. The lowest BCUT2D eigenvalue weighted by atomic mass is 10.1. The van der Waals surface area contributed by atoms with E-state index in [-0.39, 0.29) is 5.78 Å². The molecule has 1 heterocycles. The van der Waals surface area contributed by atoms with E-state index in [2.05, 4.69) is 37.0 Å². The molecule has 106 valence electrons. The van der Waals surface area contributed by atoms with Gasteiger partial charge >= 0.3 is 0 Å². The first kappa shape index (κ1) is 15.3. The first-order chi connectivity index (χ1) is 9.43. The number of Topliss-reactive ketones (excluding diaryl/α,β-unsaturated/α-hetero) is 1. The summed E-state index contributed by atoms with van der Waals surface area (Å²) in [5, 5.41) is 4.29. The minimum Gasteiger partial charge on any atom is -0.496 e. The number of carbonyl (C=O) groups excluding carboxylic acids is 1. The minimum absolute atomic E-state index is 0.0389. The van der Waals surface area contributed by atoms with Gasteiger partial charge in [-0.1, -0.05) is 0 Å². The Labute approximate surface area is 134 Å². The Balaban J connectivity index is 2.26. The Morgan fingerprint density at radius 1 is 1.40 bits per heavy atom. The van der Waals surface area contributed by atoms with Crippen molar-refractivity contribution in [2.24, 2.45) is 7.05 Å². The van der Waals surface area contributed by atoms with Crippen molar-refractivity contribution in [1.82, 2.24) is 9.78 Å². The van der Waals surface area contributed by atoms with Gasteiger partial charge < -0.3 is 4.74 Å². The molecule has 0 saturated carbocycles. The maximum atomic E-state index is 12.4. The molecule has 2 aromatic rings. The number of methoxy groups -OCH3 is 1. The van der Waals surface area contributed by atoms with Crippen molar-refractivity contribution < 1.29 is 9.53 Å². The smallest absolute Gasteiger partial charge is 0.168 e. The Kier molecular flexibility index (Phi) is 4.65. The molecular weight excluding hydrogens is 388 g/mol. The lowest BCUT2D eigenvalue weighted by Gasteiger charge is -2.06. The van der Waals surface area contributed by atoms with Gasteiger partial charge in [-0.2, -0.15) is 5.10 Å². The first-order valence-electron chi connectivity index (χ1n) is 5.98. The fourth-order valence-electron chi connectivity index (χ4n) is 1.97. The van der Waals surface area contributed by atoms with Gasteiger partial charge in [-0.15, -0.1) is 0 Å². The van der Waals surface area contributed by atoms with Gasteiger partial charge in [0.1, 0.15) is 5.75 Å². The summed E-state index contributed by atoms with van der Waals surface area (Å²) in [6, 6.07) is 5.32. The molecule has 4 nitrogen and oxygen atoms in total. The molecular formula is C14H14Br2N2O2. The van der Waals surface area contributed by atoms with Crippen LogP contribution in [-0.2, 0) is 13.5 Å². The number of ketones is 1. The van der Waals surface area contributed by atoms with Crippen LogP contribution in [0.1, 0.15) is 21.7 Å². The van der Waals surface area contributed by atoms with Crippen molar-refractivity contribution in [1.29, 1.82) is 0 Å². The minimum atomic E-state index is 0.0389. The molecule has 0 aliphatic rings. The zero-order valence-corrected chi connectivity index (χ0v) is 14.6. The number of rotatable bonds is 4. The Hall–Kier alpha value is -1.14. The molecule has 0 aliphatic heterocycles. The van der Waals surface area contributed by atoms with Gasteiger partial charge in [0.2, 0.25) is 0 Å². The molecule has 1 aromatic heterocycles. The van der Waals surface area contributed by atoms with Crippen LogP contribution < -0.4 is 4.74 Å². The second-order valence-corrected chi connectivity index (χ2v) is 6.07. The highest BCUT2D eigenvalue weighted by atomic mass is 79.9. The predicted molar refractivity (Wildman–Crippen MR) is 84.4 cm³/mol. The standard InChI is InChI=1S/C14H14Br2N2O2/c1-8-14(16)11(18(2)17-8)7-12(19)9-4-5-13(20-3)10(15)6-9/h4-6H,7H2,1-3H3. The molecule has 0 aliphatic carbocycles. The lowest BCUT2D eigenvalue weighted by Crippen LogP contribution is -2.08. The molecule has 0 bridgehead atoms. The highest BCUT2D eigenvalue weighted by molar-refractivity contribution is 9.10. The second-order valence-electron chi connectivity index (χ2n) is 4.42. The van der Waals surface area contributed by atoms with Gasteiger partial charge in [0.25, 0.3) is 0 Å². The van der Waals surface area contributed by atoms with Crippen LogP contribution in [0.3, 0.4) is 0 Å². The van der Waals surface area contributed by atoms with Crippen LogP contribution in [-0.4, -0.2) is 22.7 Å². The quantitative estimate of drug-likeness (QED) is 0.734. The summed E-state index contributed by atoms with van der Waals surface area (Å²) >= 11 is 6.86. The molecule has 0 unspecified atom stereocenters. The number of nitrogens with zero attached hydrogens (tertiary/aromatic N) is 2. The lowest BCUT2D eigenvalue weighted by molar-refractivity contribution is 0.0990. The van der Waals surface area contributed by atoms with E-state index in [1.54, 1.807) is 30.0 Å². The zero-order chi connectivity index (χ0) is 14.9. The Bertz CT molecular complexity index is 665. The number of hydrogen-bond acceptors (Lipinski definition) is 3. The molecule has 0 radical (unpaired) electrons. The van der Waals surface area contributed by atoms with Crippen LogP contribution >= 0.6 is 31.9 Å². The van der Waals surface area contributed by atoms with Crippen molar-refractivity contribution in [3.05, 3.63) is 44.1 Å². The van der Waals surface area contributed by atoms with Gasteiger partial charge in [0.15, 0.2) is 5.78 Å². The third kappa shape index (κ3) is 2.96. The molecule has 2 rings (SSSR count). The van der Waals surface area contributed by atoms with Crippen LogP contribution in [0, 0.1) is 6.92 Å². The number of carbonyl (C=O) groups is 1. The van der Waals surface area contributed by atoms with Crippen molar-refractivity contribution in [2.45, 2.75) is 13.3 Å². The normalized spacial score (nSPS) is 10.7. The number of hydrogen-bond donors (Lipinski definition) is 0. The van der Waals surface area contributed by atoms with E-state index in [9.17, 15) is 4.79 Å². The van der Waals surface area contributed by atoms with Gasteiger partial charge in [-0.25, -0.2) is 0 Å². The van der Waals surface area contributed by atoms with E-state index >= 15 is 0 Å². The molecule has 0 atom stereocenters. The Morgan fingerprint density at radius 2 is 2.10 bits per heavy atom. The summed E-state index contributed by atoms with van der Waals surface area (Å²) in [6.07, 6.45) is 0.302. The molecule has 0 saturated heterocycles. The predicted octanol–water partition coefficient (Wildman–Crippen LogP) is 3.69. The molecule has 20 heavy (non-hydrogen) atoms. The number of aromatic nitrogens is 2. The monoisotopic (exact) mass is 400 g/mol. The highest BCUT2D eigenvalue weighted by Crippen LogP contribution is 2.27. The molecule has 1 aromatic carbocycles. The highest BCUT2D eigenvalue weighted by Gasteiger charge is 2.16. The second kappa shape index (κ2) is 6.10. The summed E-state index contributed by atoms with van der Waals surface area (Å²) in [4.78, 5) is 12.4. The van der Waals surface area contributed by atoms with Crippen molar-refractivity contribution in [2.75, 3.05) is 7.11 Å². The van der Waals surface area contributed by atoms with Crippen molar-refractivity contribution in [3.63, 3.8) is 0 Å². The summed E-state index contributed by atoms with van der Waals surface area (Å²) in [5.74, 6) is 0.746. The number of benzene rings is 1. The van der Waals surface area contributed by atoms with Gasteiger partial charge in [0, 0.05) is 12.6 Å². The Morgan fingerprint density at radius 3 is 2.60 bits per heavy atom. The maximum absolute atomic E-state index is 12.4. The van der Waals surface area contributed by atoms with Gasteiger partial charge in [-0.05, 0) is 57.0 Å². The van der Waals surface area contributed by atoms with Crippen LogP contribution in [0.25, 0.3) is 0 Å². The van der Waals surface area contributed by atoms with Gasteiger partial charge in [-0.3, -0.25) is 9.48 Å². The summed E-state index contributed by atoms with van der Waals surface area (Å²) in [7, 11) is 3.43. The zero-order valence-electron chi connectivity index (χ0n) is 11.4. The molecule has 0 amide bonds. The van der Waals surface area contributed by atoms with E-state index in [0.29, 0.717) is 17.7 Å². The largest absolute Gasteiger partial charge is 0.496 e. The first-order valence-corrected chi connectivity index (χ1v) is 7.57.